The van der Waals surface area contributed by atoms with Crippen molar-refractivity contribution in [2.45, 2.75) is 19.4 Å². The number of methoxy groups -OCH3 is 2. The molecule has 7 heteroatoms. The van der Waals surface area contributed by atoms with Gasteiger partial charge in [-0.15, -0.1) is 11.3 Å². The number of ether oxygens (including phenoxy) is 2. The minimum atomic E-state index is -0.118. The third kappa shape index (κ3) is 3.59. The van der Waals surface area contributed by atoms with Gasteiger partial charge >= 0.3 is 5.97 Å². The first-order valence-electron chi connectivity index (χ1n) is 9.36. The molecular formula is C21H23N3O3S. The average molecular weight is 398 g/mol. The van der Waals surface area contributed by atoms with Crippen LogP contribution in [0.5, 0.6) is 0 Å². The third-order valence-electron chi connectivity index (χ3n) is 5.15. The molecule has 28 heavy (non-hydrogen) atoms. The minimum absolute atomic E-state index is 0.0342. The molecule has 1 aliphatic heterocycles. The smallest absolute Gasteiger partial charge is 0.308 e. The molecule has 0 unspecified atom stereocenters. The van der Waals surface area contributed by atoms with Crippen LogP contribution in [0.25, 0.3) is 21.3 Å². The van der Waals surface area contributed by atoms with Crippen LogP contribution < -0.4 is 4.90 Å². The molecule has 0 spiro atoms. The number of carbonyl (C=O) groups is 1. The van der Waals surface area contributed by atoms with E-state index in [1.165, 1.54) is 7.11 Å². The van der Waals surface area contributed by atoms with Crippen molar-refractivity contribution >= 4 is 33.3 Å². The molecule has 1 saturated heterocycles. The number of rotatable bonds is 5. The van der Waals surface area contributed by atoms with Crippen LogP contribution in [0.2, 0.25) is 0 Å². The van der Waals surface area contributed by atoms with E-state index in [4.69, 9.17) is 19.4 Å². The van der Waals surface area contributed by atoms with Crippen LogP contribution in [0.3, 0.4) is 0 Å². The first kappa shape index (κ1) is 18.8. The van der Waals surface area contributed by atoms with Crippen LogP contribution in [-0.4, -0.2) is 43.2 Å². The number of esters is 1. The van der Waals surface area contributed by atoms with Gasteiger partial charge < -0.3 is 14.4 Å². The topological polar surface area (TPSA) is 64.5 Å². The zero-order valence-corrected chi connectivity index (χ0v) is 16.9. The van der Waals surface area contributed by atoms with Crippen LogP contribution in [0, 0.1) is 5.92 Å². The molecule has 1 fully saturated rings. The number of fused-ring (bicyclic) bond motifs is 1. The zero-order valence-electron chi connectivity index (χ0n) is 16.1. The highest BCUT2D eigenvalue weighted by Crippen LogP contribution is 2.39. The van der Waals surface area contributed by atoms with Gasteiger partial charge in [-0.2, -0.15) is 0 Å². The highest BCUT2D eigenvalue weighted by atomic mass is 32.1. The summed E-state index contributed by atoms with van der Waals surface area (Å²) in [6, 6.07) is 10.3. The molecule has 146 valence electrons. The summed E-state index contributed by atoms with van der Waals surface area (Å²) in [6.45, 7) is 1.91. The number of anilines is 1. The van der Waals surface area contributed by atoms with Crippen LogP contribution in [0.1, 0.15) is 18.7 Å². The van der Waals surface area contributed by atoms with Gasteiger partial charge in [0.05, 0.1) is 18.4 Å². The summed E-state index contributed by atoms with van der Waals surface area (Å²) in [4.78, 5) is 24.7. The Kier molecular flexibility index (Phi) is 5.54. The Morgan fingerprint density at radius 2 is 1.93 bits per heavy atom. The molecule has 0 aliphatic carbocycles. The second-order valence-corrected chi connectivity index (χ2v) is 7.73. The van der Waals surface area contributed by atoms with Crippen LogP contribution in [0.4, 0.5) is 5.82 Å². The number of benzene rings is 1. The number of hydrogen-bond donors (Lipinski definition) is 0. The first-order valence-corrected chi connectivity index (χ1v) is 10.2. The van der Waals surface area contributed by atoms with Crippen LogP contribution >= 0.6 is 11.3 Å². The number of aromatic nitrogens is 2. The summed E-state index contributed by atoms with van der Waals surface area (Å²) in [5.41, 5.74) is 2.30. The highest BCUT2D eigenvalue weighted by Gasteiger charge is 2.28. The summed E-state index contributed by atoms with van der Waals surface area (Å²) in [5, 5.41) is 3.23. The average Bonchev–Trinajstić information content (AvgIpc) is 3.17. The molecule has 1 aliphatic rings. The molecule has 2 aromatic heterocycles. The lowest BCUT2D eigenvalue weighted by atomic mass is 9.96. The monoisotopic (exact) mass is 397 g/mol. The molecule has 3 heterocycles. The Hall–Kier alpha value is -2.51. The SMILES string of the molecule is COCc1nc(N2CCC(C(=O)OC)CC2)c2c(-c3ccccc3)csc2n1. The minimum Gasteiger partial charge on any atom is -0.469 e. The van der Waals surface area contributed by atoms with Crippen LogP contribution in [-0.2, 0) is 20.9 Å². The summed E-state index contributed by atoms with van der Waals surface area (Å²) in [7, 11) is 3.11. The number of carbonyl (C=O) groups excluding carboxylic acids is 1. The zero-order chi connectivity index (χ0) is 19.5. The fourth-order valence-corrected chi connectivity index (χ4v) is 4.67. The van der Waals surface area contributed by atoms with Crippen molar-refractivity contribution < 1.29 is 14.3 Å². The van der Waals surface area contributed by atoms with Gasteiger partial charge in [-0.1, -0.05) is 30.3 Å². The molecule has 1 aromatic carbocycles. The maximum absolute atomic E-state index is 11.9. The van der Waals surface area contributed by atoms with E-state index in [-0.39, 0.29) is 11.9 Å². The summed E-state index contributed by atoms with van der Waals surface area (Å²) in [6.07, 6.45) is 1.53. The van der Waals surface area contributed by atoms with Crippen molar-refractivity contribution in [1.29, 1.82) is 0 Å². The molecule has 0 amide bonds. The maximum atomic E-state index is 11.9. The van der Waals surface area contributed by atoms with Gasteiger partial charge in [0.1, 0.15) is 17.3 Å². The van der Waals surface area contributed by atoms with Crippen molar-refractivity contribution in [1.82, 2.24) is 9.97 Å². The lowest BCUT2D eigenvalue weighted by molar-refractivity contribution is -0.146. The largest absolute Gasteiger partial charge is 0.469 e. The van der Waals surface area contributed by atoms with Gasteiger partial charge in [0.25, 0.3) is 0 Å². The highest BCUT2D eigenvalue weighted by molar-refractivity contribution is 7.17. The van der Waals surface area contributed by atoms with Gasteiger partial charge in [-0.05, 0) is 18.4 Å². The molecule has 0 N–H and O–H groups in total. The normalized spacial score (nSPS) is 15.1. The molecule has 0 bridgehead atoms. The molecule has 0 saturated carbocycles. The van der Waals surface area contributed by atoms with E-state index in [1.807, 2.05) is 18.2 Å². The predicted molar refractivity (Wildman–Crippen MR) is 111 cm³/mol. The van der Waals surface area contributed by atoms with Crippen molar-refractivity contribution in [3.8, 4) is 11.1 Å². The van der Waals surface area contributed by atoms with Crippen molar-refractivity contribution in [3.63, 3.8) is 0 Å². The summed E-state index contributed by atoms with van der Waals surface area (Å²) < 4.78 is 10.2. The second-order valence-electron chi connectivity index (χ2n) is 6.88. The fraction of sp³-hybridized carbons (Fsp3) is 0.381. The van der Waals surface area contributed by atoms with Crippen LogP contribution in [0.15, 0.2) is 35.7 Å². The van der Waals surface area contributed by atoms with E-state index in [9.17, 15) is 4.79 Å². The molecule has 3 aromatic rings. The van der Waals surface area contributed by atoms with E-state index in [0.717, 1.165) is 53.1 Å². The molecule has 6 nitrogen and oxygen atoms in total. The lowest BCUT2D eigenvalue weighted by Crippen LogP contribution is -2.37. The van der Waals surface area contributed by atoms with Gasteiger partial charge in [0.2, 0.25) is 0 Å². The van der Waals surface area contributed by atoms with Gasteiger partial charge in [0, 0.05) is 31.1 Å². The number of hydrogen-bond acceptors (Lipinski definition) is 7. The number of nitrogens with zero attached hydrogens (tertiary/aromatic N) is 3. The van der Waals surface area contributed by atoms with E-state index in [0.29, 0.717) is 12.4 Å². The standard InChI is InChI=1S/C21H23N3O3S/c1-26-12-17-22-19(24-10-8-15(9-11-24)21(25)27-2)18-16(13-28-20(18)23-17)14-6-4-3-5-7-14/h3-7,13,15H,8-12H2,1-2H3. The fourth-order valence-electron chi connectivity index (χ4n) is 3.71. The van der Waals surface area contributed by atoms with E-state index >= 15 is 0 Å². The quantitative estimate of drug-likeness (QED) is 0.609. The van der Waals surface area contributed by atoms with Gasteiger partial charge in [0.15, 0.2) is 5.82 Å². The Morgan fingerprint density at radius 1 is 1.18 bits per heavy atom. The molecule has 0 atom stereocenters. The Balaban J connectivity index is 1.75. The molecular weight excluding hydrogens is 374 g/mol. The van der Waals surface area contributed by atoms with Crippen molar-refractivity contribution in [2.75, 3.05) is 32.2 Å². The lowest BCUT2D eigenvalue weighted by Gasteiger charge is -2.32. The van der Waals surface area contributed by atoms with E-state index < -0.39 is 0 Å². The van der Waals surface area contributed by atoms with Gasteiger partial charge in [-0.3, -0.25) is 4.79 Å². The number of thiophene rings is 1. The predicted octanol–water partition coefficient (Wildman–Crippen LogP) is 3.89. The summed E-state index contributed by atoms with van der Waals surface area (Å²) in [5.74, 6) is 1.46. The van der Waals surface area contributed by atoms with Crippen molar-refractivity contribution in [3.05, 3.63) is 41.5 Å². The molecule has 4 rings (SSSR count). The maximum Gasteiger partial charge on any atom is 0.308 e. The Morgan fingerprint density at radius 3 is 2.61 bits per heavy atom. The van der Waals surface area contributed by atoms with Gasteiger partial charge in [-0.25, -0.2) is 9.97 Å². The Labute approximate surface area is 168 Å². The van der Waals surface area contributed by atoms with E-state index in [1.54, 1.807) is 18.4 Å². The first-order chi connectivity index (χ1) is 13.7. The number of piperidine rings is 1. The molecule has 0 radical (unpaired) electrons. The van der Waals surface area contributed by atoms with Crippen molar-refractivity contribution in [2.24, 2.45) is 5.92 Å². The third-order valence-corrected chi connectivity index (χ3v) is 6.02. The van der Waals surface area contributed by atoms with E-state index in [2.05, 4.69) is 22.4 Å². The second kappa shape index (κ2) is 8.24. The summed E-state index contributed by atoms with van der Waals surface area (Å²) >= 11 is 1.63. The Bertz CT molecular complexity index is 966.